The van der Waals surface area contributed by atoms with Crippen LogP contribution in [0.15, 0.2) is 43.0 Å². The molecule has 262 valence electrons. The molecule has 0 aliphatic carbocycles. The van der Waals surface area contributed by atoms with Crippen LogP contribution in [0.2, 0.25) is 0 Å². The van der Waals surface area contributed by atoms with Crippen LogP contribution in [0.1, 0.15) is 66.7 Å². The number of methoxy groups -OCH3 is 1. The maximum absolute atomic E-state index is 13.5. The van der Waals surface area contributed by atoms with E-state index in [0.717, 1.165) is 5.56 Å². The topological polar surface area (TPSA) is 163 Å². The predicted octanol–water partition coefficient (Wildman–Crippen LogP) is 4.33. The molecule has 48 heavy (non-hydrogen) atoms. The number of esters is 2. The number of ether oxygens (including phenoxy) is 7. The highest BCUT2D eigenvalue weighted by atomic mass is 16.7. The summed E-state index contributed by atoms with van der Waals surface area (Å²) in [5, 5.41) is 0. The van der Waals surface area contributed by atoms with Gasteiger partial charge in [0.2, 0.25) is 0 Å². The molecule has 1 amide bonds. The zero-order chi connectivity index (χ0) is 35.1. The van der Waals surface area contributed by atoms with Gasteiger partial charge in [0.25, 0.3) is 6.10 Å². The van der Waals surface area contributed by atoms with Crippen LogP contribution in [0.4, 0.5) is 10.6 Å². The average molecular weight is 672 g/mol. The van der Waals surface area contributed by atoms with E-state index in [2.05, 4.69) is 15.0 Å². The molecule has 2 aromatic heterocycles. The van der Waals surface area contributed by atoms with Gasteiger partial charge in [-0.25, -0.2) is 29.3 Å². The molecule has 3 atom stereocenters. The van der Waals surface area contributed by atoms with E-state index in [-0.39, 0.29) is 32.2 Å². The van der Waals surface area contributed by atoms with Gasteiger partial charge in [0.05, 0.1) is 38.8 Å². The van der Waals surface area contributed by atoms with E-state index >= 15 is 0 Å². The summed E-state index contributed by atoms with van der Waals surface area (Å²) in [6.45, 7) is 12.2. The number of imidazole rings is 1. The van der Waals surface area contributed by atoms with E-state index in [9.17, 15) is 14.4 Å². The van der Waals surface area contributed by atoms with Crippen LogP contribution in [0.3, 0.4) is 0 Å². The van der Waals surface area contributed by atoms with Crippen molar-refractivity contribution in [2.45, 2.75) is 97.4 Å². The Bertz CT molecular complexity index is 1520. The molecule has 1 fully saturated rings. The van der Waals surface area contributed by atoms with Crippen molar-refractivity contribution in [2.75, 3.05) is 31.8 Å². The standard InChI is InChI=1S/C33H45N5O10/c1-9-43-29(39)26(30(40)44-10-2)45-18-23-22(47-33(6,7)42-8)16-24(46-23)38-20-36-25-27(34-19-35-28(25)38)37(31(41)48-32(3,4)5)17-21-14-12-11-13-15-21/h11-15,19-20,22-24,26H,9-10,16-18H2,1-8H3/t22-,23?,24?/m0/s1. The highest BCUT2D eigenvalue weighted by Gasteiger charge is 2.43. The quantitative estimate of drug-likeness (QED) is 0.103. The smallest absolute Gasteiger partial charge is 0.416 e. The van der Waals surface area contributed by atoms with Gasteiger partial charge in [-0.05, 0) is 54.0 Å². The molecular weight excluding hydrogens is 626 g/mol. The van der Waals surface area contributed by atoms with Gasteiger partial charge >= 0.3 is 18.0 Å². The normalized spacial score (nSPS) is 18.2. The molecule has 1 aliphatic heterocycles. The molecule has 3 aromatic rings. The third-order valence-electron chi connectivity index (χ3n) is 7.24. The predicted molar refractivity (Wildman–Crippen MR) is 172 cm³/mol. The largest absolute Gasteiger partial charge is 0.464 e. The van der Waals surface area contributed by atoms with Crippen molar-refractivity contribution in [1.82, 2.24) is 19.5 Å². The Morgan fingerprint density at radius 1 is 1.00 bits per heavy atom. The van der Waals surface area contributed by atoms with Crippen molar-refractivity contribution in [1.29, 1.82) is 0 Å². The Hall–Kier alpha value is -4.18. The first-order valence-corrected chi connectivity index (χ1v) is 15.8. The Kier molecular flexibility index (Phi) is 12.1. The molecule has 0 bridgehead atoms. The van der Waals surface area contributed by atoms with Crippen molar-refractivity contribution in [3.8, 4) is 0 Å². The number of hydrogen-bond acceptors (Lipinski definition) is 13. The van der Waals surface area contributed by atoms with E-state index in [0.29, 0.717) is 17.6 Å². The second-order valence-corrected chi connectivity index (χ2v) is 12.4. The number of nitrogens with zero attached hydrogens (tertiary/aromatic N) is 5. The average Bonchev–Trinajstić information content (AvgIpc) is 3.63. The van der Waals surface area contributed by atoms with Crippen LogP contribution >= 0.6 is 0 Å². The summed E-state index contributed by atoms with van der Waals surface area (Å²) in [5.41, 5.74) is 0.855. The number of aromatic nitrogens is 4. The number of amides is 1. The van der Waals surface area contributed by atoms with E-state index in [1.165, 1.54) is 18.3 Å². The minimum atomic E-state index is -1.60. The third-order valence-corrected chi connectivity index (χ3v) is 7.24. The Morgan fingerprint density at radius 2 is 1.67 bits per heavy atom. The van der Waals surface area contributed by atoms with Crippen LogP contribution in [0.5, 0.6) is 0 Å². The van der Waals surface area contributed by atoms with Crippen molar-refractivity contribution in [2.24, 2.45) is 0 Å². The second kappa shape index (κ2) is 15.8. The summed E-state index contributed by atoms with van der Waals surface area (Å²) in [6, 6.07) is 9.47. The Morgan fingerprint density at radius 3 is 2.27 bits per heavy atom. The van der Waals surface area contributed by atoms with Crippen molar-refractivity contribution < 1.29 is 47.5 Å². The molecule has 0 radical (unpaired) electrons. The SMILES string of the molecule is CCOC(=O)C(OCC1OC(n2cnc3c(N(Cc4ccccc4)C(=O)OC(C)(C)C)ncnc32)C[C@@H]1OC(C)(C)OC)C(=O)OCC. The first-order chi connectivity index (χ1) is 22.8. The number of carbonyl (C=O) groups is 3. The molecular formula is C33H45N5O10. The summed E-state index contributed by atoms with van der Waals surface area (Å²) >= 11 is 0. The molecule has 4 rings (SSSR count). The maximum Gasteiger partial charge on any atom is 0.416 e. The molecule has 2 unspecified atom stereocenters. The molecule has 15 heteroatoms. The van der Waals surface area contributed by atoms with Crippen LogP contribution < -0.4 is 4.90 Å². The van der Waals surface area contributed by atoms with E-state index in [1.807, 2.05) is 30.3 Å². The molecule has 1 aliphatic rings. The lowest BCUT2D eigenvalue weighted by Crippen LogP contribution is -2.42. The summed E-state index contributed by atoms with van der Waals surface area (Å²) in [6.07, 6.45) is -1.04. The summed E-state index contributed by atoms with van der Waals surface area (Å²) in [5.74, 6) is -2.47. The monoisotopic (exact) mass is 671 g/mol. The van der Waals surface area contributed by atoms with Gasteiger partial charge in [0.15, 0.2) is 22.8 Å². The van der Waals surface area contributed by atoms with Crippen molar-refractivity contribution in [3.63, 3.8) is 0 Å². The van der Waals surface area contributed by atoms with Crippen molar-refractivity contribution >= 4 is 35.0 Å². The summed E-state index contributed by atoms with van der Waals surface area (Å²) < 4.78 is 41.4. The minimum absolute atomic E-state index is 0.0577. The number of hydrogen-bond donors (Lipinski definition) is 0. The minimum Gasteiger partial charge on any atom is -0.464 e. The third kappa shape index (κ3) is 9.24. The van der Waals surface area contributed by atoms with Gasteiger partial charge in [-0.2, -0.15) is 0 Å². The fourth-order valence-electron chi connectivity index (χ4n) is 4.97. The number of anilines is 1. The number of rotatable bonds is 14. The second-order valence-electron chi connectivity index (χ2n) is 12.4. The van der Waals surface area contributed by atoms with Gasteiger partial charge < -0.3 is 33.2 Å². The highest BCUT2D eigenvalue weighted by molar-refractivity contribution is 5.98. The van der Waals surface area contributed by atoms with Gasteiger partial charge in [-0.1, -0.05) is 30.3 Å². The lowest BCUT2D eigenvalue weighted by atomic mass is 10.1. The Balaban J connectivity index is 1.65. The fourth-order valence-corrected chi connectivity index (χ4v) is 4.97. The fraction of sp³-hybridized carbons (Fsp3) is 0.576. The van der Waals surface area contributed by atoms with Gasteiger partial charge in [0.1, 0.15) is 24.3 Å². The Labute approximate surface area is 279 Å². The number of benzene rings is 1. The van der Waals surface area contributed by atoms with E-state index in [1.54, 1.807) is 59.4 Å². The molecule has 15 nitrogen and oxygen atoms in total. The first-order valence-electron chi connectivity index (χ1n) is 15.8. The highest BCUT2D eigenvalue weighted by Crippen LogP contribution is 2.36. The summed E-state index contributed by atoms with van der Waals surface area (Å²) in [7, 11) is 1.52. The first kappa shape index (κ1) is 36.7. The van der Waals surface area contributed by atoms with Gasteiger partial charge in [-0.15, -0.1) is 0 Å². The number of carbonyl (C=O) groups excluding carboxylic acids is 3. The zero-order valence-corrected chi connectivity index (χ0v) is 28.7. The van der Waals surface area contributed by atoms with Gasteiger partial charge in [-0.3, -0.25) is 9.47 Å². The zero-order valence-electron chi connectivity index (χ0n) is 28.7. The maximum atomic E-state index is 13.5. The lowest BCUT2D eigenvalue weighted by Gasteiger charge is -2.29. The van der Waals surface area contributed by atoms with Crippen LogP contribution in [-0.2, 0) is 49.3 Å². The van der Waals surface area contributed by atoms with Gasteiger partial charge in [0, 0.05) is 13.5 Å². The van der Waals surface area contributed by atoms with E-state index < -0.39 is 54.0 Å². The number of fused-ring (bicyclic) bond motifs is 1. The van der Waals surface area contributed by atoms with Crippen LogP contribution in [0, 0.1) is 0 Å². The summed E-state index contributed by atoms with van der Waals surface area (Å²) in [4.78, 5) is 53.5. The molecule has 0 N–H and O–H groups in total. The molecule has 0 spiro atoms. The van der Waals surface area contributed by atoms with Crippen molar-refractivity contribution in [3.05, 3.63) is 48.5 Å². The van der Waals surface area contributed by atoms with Crippen LogP contribution in [-0.4, -0.2) is 94.2 Å². The molecule has 0 saturated carbocycles. The lowest BCUT2D eigenvalue weighted by molar-refractivity contribution is -0.235. The molecule has 1 saturated heterocycles. The molecule has 3 heterocycles. The molecule has 1 aromatic carbocycles. The van der Waals surface area contributed by atoms with E-state index in [4.69, 9.17) is 33.2 Å². The van der Waals surface area contributed by atoms with Crippen LogP contribution in [0.25, 0.3) is 11.2 Å².